The number of hydrogen-bond acceptors (Lipinski definition) is 4. The van der Waals surface area contributed by atoms with Gasteiger partial charge in [-0.25, -0.2) is 0 Å². The second-order valence-corrected chi connectivity index (χ2v) is 5.67. The number of hydrogen-bond donors (Lipinski definition) is 1. The van der Waals surface area contributed by atoms with Gasteiger partial charge in [-0.1, -0.05) is 46.3 Å². The van der Waals surface area contributed by atoms with E-state index >= 15 is 0 Å². The number of aromatic nitrogens is 2. The Morgan fingerprint density at radius 1 is 1.35 bits per heavy atom. The minimum Gasteiger partial charge on any atom is -0.310 e. The minimum absolute atomic E-state index is 0.805. The van der Waals surface area contributed by atoms with Crippen molar-refractivity contribution in [2.45, 2.75) is 19.9 Å². The highest BCUT2D eigenvalue weighted by Crippen LogP contribution is 2.25. The van der Waals surface area contributed by atoms with Crippen LogP contribution < -0.4 is 5.32 Å². The molecule has 2 aromatic rings. The van der Waals surface area contributed by atoms with Crippen molar-refractivity contribution >= 4 is 27.3 Å². The standard InChI is InChI=1S/C12H14BrN3S/c1-2-6-14-8-11-15-16-12(17-11)9-4-3-5-10(13)7-9/h3-5,7,14H,2,6,8H2,1H3. The molecule has 1 aromatic carbocycles. The van der Waals surface area contributed by atoms with Crippen LogP contribution >= 0.6 is 27.3 Å². The van der Waals surface area contributed by atoms with Gasteiger partial charge in [-0.15, -0.1) is 10.2 Å². The van der Waals surface area contributed by atoms with Gasteiger partial charge in [0.05, 0.1) is 0 Å². The smallest absolute Gasteiger partial charge is 0.147 e. The average Bonchev–Trinajstić information content (AvgIpc) is 2.78. The van der Waals surface area contributed by atoms with Crippen molar-refractivity contribution in [1.29, 1.82) is 0 Å². The van der Waals surface area contributed by atoms with Crippen LogP contribution in [0.5, 0.6) is 0 Å². The molecule has 2 rings (SSSR count). The van der Waals surface area contributed by atoms with Crippen molar-refractivity contribution < 1.29 is 0 Å². The maximum atomic E-state index is 4.21. The highest BCUT2D eigenvalue weighted by molar-refractivity contribution is 9.10. The van der Waals surface area contributed by atoms with E-state index in [1.54, 1.807) is 11.3 Å². The fourth-order valence-electron chi connectivity index (χ4n) is 1.44. The van der Waals surface area contributed by atoms with Gasteiger partial charge in [0.15, 0.2) is 0 Å². The normalized spacial score (nSPS) is 10.7. The lowest BCUT2D eigenvalue weighted by atomic mass is 10.2. The number of halogens is 1. The molecule has 0 amide bonds. The first-order valence-corrected chi connectivity index (χ1v) is 7.19. The SMILES string of the molecule is CCCNCc1nnc(-c2cccc(Br)c2)s1. The molecule has 0 bridgehead atoms. The number of nitrogens with one attached hydrogen (secondary N) is 1. The molecule has 1 N–H and O–H groups in total. The third-order valence-electron chi connectivity index (χ3n) is 2.24. The van der Waals surface area contributed by atoms with Crippen LogP contribution in [0.15, 0.2) is 28.7 Å². The summed E-state index contributed by atoms with van der Waals surface area (Å²) in [6.45, 7) is 3.98. The summed E-state index contributed by atoms with van der Waals surface area (Å²) in [5.41, 5.74) is 1.11. The van der Waals surface area contributed by atoms with Crippen LogP contribution in [0.1, 0.15) is 18.4 Å². The van der Waals surface area contributed by atoms with Crippen molar-refractivity contribution in [3.8, 4) is 10.6 Å². The zero-order valence-electron chi connectivity index (χ0n) is 9.61. The molecule has 3 nitrogen and oxygen atoms in total. The van der Waals surface area contributed by atoms with Gasteiger partial charge >= 0.3 is 0 Å². The summed E-state index contributed by atoms with van der Waals surface area (Å²) < 4.78 is 1.07. The highest BCUT2D eigenvalue weighted by Gasteiger charge is 2.06. The number of rotatable bonds is 5. The van der Waals surface area contributed by atoms with Crippen LogP contribution in [0, 0.1) is 0 Å². The summed E-state index contributed by atoms with van der Waals surface area (Å²) in [6.07, 6.45) is 1.14. The largest absolute Gasteiger partial charge is 0.310 e. The van der Waals surface area contributed by atoms with E-state index in [1.165, 1.54) is 0 Å². The molecule has 0 saturated heterocycles. The van der Waals surface area contributed by atoms with Gasteiger partial charge in [-0.3, -0.25) is 0 Å². The first kappa shape index (κ1) is 12.7. The molecule has 0 atom stereocenters. The Labute approximate surface area is 113 Å². The van der Waals surface area contributed by atoms with E-state index in [0.29, 0.717) is 0 Å². The Bertz CT molecular complexity index is 484. The second-order valence-electron chi connectivity index (χ2n) is 3.69. The Hall–Kier alpha value is -0.780. The Balaban J connectivity index is 2.07. The predicted octanol–water partition coefficient (Wildman–Crippen LogP) is 3.47. The first-order chi connectivity index (χ1) is 8.29. The summed E-state index contributed by atoms with van der Waals surface area (Å²) in [5.74, 6) is 0. The van der Waals surface area contributed by atoms with E-state index in [2.05, 4.69) is 50.5 Å². The van der Waals surface area contributed by atoms with E-state index in [0.717, 1.165) is 39.6 Å². The third-order valence-corrected chi connectivity index (χ3v) is 3.71. The fourth-order valence-corrected chi connectivity index (χ4v) is 2.64. The molecule has 5 heteroatoms. The molecule has 90 valence electrons. The van der Waals surface area contributed by atoms with Gasteiger partial charge in [0.2, 0.25) is 0 Å². The lowest BCUT2D eigenvalue weighted by Crippen LogP contribution is -2.13. The summed E-state index contributed by atoms with van der Waals surface area (Å²) >= 11 is 5.10. The molecule has 0 aliphatic heterocycles. The van der Waals surface area contributed by atoms with Crippen molar-refractivity contribution in [2.75, 3.05) is 6.54 Å². The minimum atomic E-state index is 0.805. The van der Waals surface area contributed by atoms with Gasteiger partial charge in [-0.05, 0) is 25.1 Å². The molecule has 0 unspecified atom stereocenters. The Kier molecular flexibility index (Phi) is 4.65. The van der Waals surface area contributed by atoms with E-state index in [4.69, 9.17) is 0 Å². The average molecular weight is 312 g/mol. The van der Waals surface area contributed by atoms with Crippen LogP contribution in [0.2, 0.25) is 0 Å². The fraction of sp³-hybridized carbons (Fsp3) is 0.333. The van der Waals surface area contributed by atoms with E-state index in [9.17, 15) is 0 Å². The molecule has 1 heterocycles. The molecular formula is C12H14BrN3S. The van der Waals surface area contributed by atoms with Crippen LogP contribution in [0.3, 0.4) is 0 Å². The molecule has 0 aliphatic carbocycles. The number of benzene rings is 1. The van der Waals surface area contributed by atoms with Crippen LogP contribution in [-0.4, -0.2) is 16.7 Å². The predicted molar refractivity (Wildman–Crippen MR) is 75.0 cm³/mol. The topological polar surface area (TPSA) is 37.8 Å². The van der Waals surface area contributed by atoms with Crippen molar-refractivity contribution in [3.63, 3.8) is 0 Å². The number of nitrogens with zero attached hydrogens (tertiary/aromatic N) is 2. The maximum absolute atomic E-state index is 4.21. The monoisotopic (exact) mass is 311 g/mol. The van der Waals surface area contributed by atoms with Gasteiger partial charge < -0.3 is 5.32 Å². The Morgan fingerprint density at radius 2 is 2.24 bits per heavy atom. The lowest BCUT2D eigenvalue weighted by molar-refractivity contribution is 0.668. The zero-order chi connectivity index (χ0) is 12.1. The molecule has 0 aliphatic rings. The summed E-state index contributed by atoms with van der Waals surface area (Å²) in [7, 11) is 0. The molecular weight excluding hydrogens is 298 g/mol. The second kappa shape index (κ2) is 6.23. The zero-order valence-corrected chi connectivity index (χ0v) is 12.0. The van der Waals surface area contributed by atoms with E-state index in [-0.39, 0.29) is 0 Å². The molecule has 17 heavy (non-hydrogen) atoms. The van der Waals surface area contributed by atoms with Gasteiger partial charge in [0.25, 0.3) is 0 Å². The van der Waals surface area contributed by atoms with E-state index < -0.39 is 0 Å². The van der Waals surface area contributed by atoms with Gasteiger partial charge in [0, 0.05) is 16.6 Å². The lowest BCUT2D eigenvalue weighted by Gasteiger charge is -1.97. The molecule has 0 saturated carbocycles. The first-order valence-electron chi connectivity index (χ1n) is 5.58. The van der Waals surface area contributed by atoms with Crippen molar-refractivity contribution in [1.82, 2.24) is 15.5 Å². The van der Waals surface area contributed by atoms with Crippen LogP contribution in [0.25, 0.3) is 10.6 Å². The molecule has 1 aromatic heterocycles. The van der Waals surface area contributed by atoms with Gasteiger partial charge in [-0.2, -0.15) is 0 Å². The summed E-state index contributed by atoms with van der Waals surface area (Å²) in [6, 6.07) is 8.13. The van der Waals surface area contributed by atoms with E-state index in [1.807, 2.05) is 12.1 Å². The van der Waals surface area contributed by atoms with Crippen LogP contribution in [-0.2, 0) is 6.54 Å². The molecule has 0 spiro atoms. The summed E-state index contributed by atoms with van der Waals surface area (Å²) in [5, 5.41) is 13.7. The van der Waals surface area contributed by atoms with Crippen molar-refractivity contribution in [2.24, 2.45) is 0 Å². The maximum Gasteiger partial charge on any atom is 0.147 e. The molecule has 0 fully saturated rings. The van der Waals surface area contributed by atoms with Crippen LogP contribution in [0.4, 0.5) is 0 Å². The highest BCUT2D eigenvalue weighted by atomic mass is 79.9. The summed E-state index contributed by atoms with van der Waals surface area (Å²) in [4.78, 5) is 0. The third kappa shape index (κ3) is 3.59. The van der Waals surface area contributed by atoms with Crippen molar-refractivity contribution in [3.05, 3.63) is 33.7 Å². The quantitative estimate of drug-likeness (QED) is 0.859. The van der Waals surface area contributed by atoms with Gasteiger partial charge in [0.1, 0.15) is 10.0 Å². The Morgan fingerprint density at radius 3 is 3.00 bits per heavy atom. The molecule has 0 radical (unpaired) electrons.